The first-order valence-electron chi connectivity index (χ1n) is 4.84. The quantitative estimate of drug-likeness (QED) is 0.837. The second kappa shape index (κ2) is 4.48. The Kier molecular flexibility index (Phi) is 3.01. The van der Waals surface area contributed by atoms with Crippen molar-refractivity contribution in [1.29, 1.82) is 0 Å². The summed E-state index contributed by atoms with van der Waals surface area (Å²) in [5.41, 5.74) is -0.937. The van der Waals surface area contributed by atoms with Crippen LogP contribution in [0.4, 0.5) is 13.2 Å². The number of aromatic carboxylic acids is 1. The van der Waals surface area contributed by atoms with Crippen LogP contribution in [0, 0.1) is 17.6 Å². The predicted octanol–water partition coefficient (Wildman–Crippen LogP) is 2.86. The summed E-state index contributed by atoms with van der Waals surface area (Å²) in [6, 6.07) is 3.97. The van der Waals surface area contributed by atoms with Gasteiger partial charge in [-0.3, -0.25) is 0 Å². The Morgan fingerprint density at radius 3 is 2.56 bits per heavy atom. The van der Waals surface area contributed by atoms with Crippen molar-refractivity contribution >= 4 is 5.97 Å². The van der Waals surface area contributed by atoms with Gasteiger partial charge in [-0.2, -0.15) is 4.39 Å². The highest BCUT2D eigenvalue weighted by Crippen LogP contribution is 2.27. The minimum atomic E-state index is -1.45. The first-order chi connectivity index (χ1) is 8.50. The van der Waals surface area contributed by atoms with E-state index >= 15 is 0 Å². The summed E-state index contributed by atoms with van der Waals surface area (Å²) < 4.78 is 39.5. The summed E-state index contributed by atoms with van der Waals surface area (Å²) in [4.78, 5) is 14.2. The van der Waals surface area contributed by atoms with Gasteiger partial charge in [-0.15, -0.1) is 0 Å². The number of hydrogen-bond acceptors (Lipinski definition) is 2. The van der Waals surface area contributed by atoms with E-state index < -0.39 is 29.1 Å². The lowest BCUT2D eigenvalue weighted by Crippen LogP contribution is -2.03. The molecule has 2 aromatic rings. The van der Waals surface area contributed by atoms with Crippen molar-refractivity contribution in [2.24, 2.45) is 0 Å². The Morgan fingerprint density at radius 1 is 1.17 bits per heavy atom. The summed E-state index contributed by atoms with van der Waals surface area (Å²) in [6.45, 7) is 0. The average molecular weight is 253 g/mol. The Hall–Kier alpha value is -2.37. The number of carbonyl (C=O) groups is 1. The van der Waals surface area contributed by atoms with Gasteiger partial charge in [0.1, 0.15) is 0 Å². The minimum absolute atomic E-state index is 0.180. The smallest absolute Gasteiger partial charge is 0.336 e. The fourth-order valence-corrected chi connectivity index (χ4v) is 1.53. The standard InChI is InChI=1S/C12H6F3NO2/c13-9-3-1-2-6(11(9)15)8-5-16-10(14)4-7(8)12(17)18/h1-5H,(H,17,18). The summed E-state index contributed by atoms with van der Waals surface area (Å²) in [7, 11) is 0. The lowest BCUT2D eigenvalue weighted by molar-refractivity contribution is 0.0697. The lowest BCUT2D eigenvalue weighted by Gasteiger charge is -2.07. The van der Waals surface area contributed by atoms with Crippen LogP contribution in [-0.2, 0) is 0 Å². The van der Waals surface area contributed by atoms with Crippen LogP contribution < -0.4 is 0 Å². The zero-order chi connectivity index (χ0) is 13.3. The number of pyridine rings is 1. The molecule has 0 bridgehead atoms. The van der Waals surface area contributed by atoms with Crippen LogP contribution >= 0.6 is 0 Å². The summed E-state index contributed by atoms with van der Waals surface area (Å²) in [5, 5.41) is 8.90. The zero-order valence-electron chi connectivity index (χ0n) is 8.82. The van der Waals surface area contributed by atoms with E-state index in [1.165, 1.54) is 12.1 Å². The molecule has 0 unspecified atom stereocenters. The number of carboxylic acids is 1. The molecule has 0 fully saturated rings. The molecule has 92 valence electrons. The molecule has 0 spiro atoms. The van der Waals surface area contributed by atoms with Crippen LogP contribution in [-0.4, -0.2) is 16.1 Å². The number of rotatable bonds is 2. The first-order valence-corrected chi connectivity index (χ1v) is 4.84. The summed E-state index contributed by atoms with van der Waals surface area (Å²) in [6.07, 6.45) is 0.858. The van der Waals surface area contributed by atoms with E-state index in [-0.39, 0.29) is 11.1 Å². The molecule has 0 aliphatic carbocycles. The maximum absolute atomic E-state index is 13.5. The molecule has 0 saturated carbocycles. The molecule has 2 rings (SSSR count). The molecule has 0 aliphatic heterocycles. The van der Waals surface area contributed by atoms with Crippen molar-refractivity contribution in [2.75, 3.05) is 0 Å². The molecule has 3 nitrogen and oxygen atoms in total. The van der Waals surface area contributed by atoms with Crippen LogP contribution in [0.1, 0.15) is 10.4 Å². The topological polar surface area (TPSA) is 50.2 Å². The third-order valence-electron chi connectivity index (χ3n) is 2.34. The number of hydrogen-bond donors (Lipinski definition) is 1. The fourth-order valence-electron chi connectivity index (χ4n) is 1.53. The monoisotopic (exact) mass is 253 g/mol. The van der Waals surface area contributed by atoms with Gasteiger partial charge in [-0.1, -0.05) is 12.1 Å². The van der Waals surface area contributed by atoms with Crippen LogP contribution in [0.5, 0.6) is 0 Å². The zero-order valence-corrected chi connectivity index (χ0v) is 8.82. The molecule has 0 atom stereocenters. The van der Waals surface area contributed by atoms with E-state index in [1.807, 2.05) is 0 Å². The maximum atomic E-state index is 13.5. The van der Waals surface area contributed by atoms with Crippen molar-refractivity contribution in [1.82, 2.24) is 4.98 Å². The van der Waals surface area contributed by atoms with Gasteiger partial charge in [0, 0.05) is 23.4 Å². The molecule has 18 heavy (non-hydrogen) atoms. The highest BCUT2D eigenvalue weighted by molar-refractivity contribution is 5.95. The van der Waals surface area contributed by atoms with Crippen LogP contribution in [0.3, 0.4) is 0 Å². The Labute approximate surface area is 99.5 Å². The maximum Gasteiger partial charge on any atom is 0.336 e. The van der Waals surface area contributed by atoms with Crippen LogP contribution in [0.15, 0.2) is 30.5 Å². The SMILES string of the molecule is O=C(O)c1cc(F)ncc1-c1cccc(F)c1F. The highest BCUT2D eigenvalue weighted by Gasteiger charge is 2.18. The molecule has 0 aliphatic rings. The Balaban J connectivity index is 2.71. The van der Waals surface area contributed by atoms with Gasteiger partial charge in [0.2, 0.25) is 5.95 Å². The van der Waals surface area contributed by atoms with Crippen molar-refractivity contribution in [3.8, 4) is 11.1 Å². The Bertz CT molecular complexity index is 629. The van der Waals surface area contributed by atoms with Gasteiger partial charge in [-0.25, -0.2) is 18.6 Å². The van der Waals surface area contributed by atoms with Crippen molar-refractivity contribution in [3.63, 3.8) is 0 Å². The van der Waals surface area contributed by atoms with Crippen LogP contribution in [0.2, 0.25) is 0 Å². The van der Waals surface area contributed by atoms with Gasteiger partial charge in [0.15, 0.2) is 11.6 Å². The van der Waals surface area contributed by atoms with E-state index in [0.29, 0.717) is 6.07 Å². The number of aromatic nitrogens is 1. The number of carboxylic acid groups (broad SMARTS) is 1. The molecular weight excluding hydrogens is 247 g/mol. The van der Waals surface area contributed by atoms with Crippen molar-refractivity contribution in [3.05, 3.63) is 53.6 Å². The van der Waals surface area contributed by atoms with E-state index in [4.69, 9.17) is 5.11 Å². The molecule has 1 aromatic carbocycles. The number of halogens is 3. The molecule has 0 amide bonds. The highest BCUT2D eigenvalue weighted by atomic mass is 19.2. The molecule has 6 heteroatoms. The summed E-state index contributed by atoms with van der Waals surface area (Å²) in [5.74, 6) is -4.77. The van der Waals surface area contributed by atoms with E-state index in [0.717, 1.165) is 12.3 Å². The average Bonchev–Trinajstić information content (AvgIpc) is 2.33. The predicted molar refractivity (Wildman–Crippen MR) is 56.5 cm³/mol. The van der Waals surface area contributed by atoms with Gasteiger partial charge in [0.25, 0.3) is 0 Å². The third kappa shape index (κ3) is 2.04. The van der Waals surface area contributed by atoms with E-state index in [1.54, 1.807) is 0 Å². The first kappa shape index (κ1) is 12.1. The summed E-state index contributed by atoms with van der Waals surface area (Å²) >= 11 is 0. The molecule has 1 aromatic heterocycles. The van der Waals surface area contributed by atoms with Crippen molar-refractivity contribution in [2.45, 2.75) is 0 Å². The molecular formula is C12H6F3NO2. The van der Waals surface area contributed by atoms with Gasteiger partial charge in [-0.05, 0) is 6.07 Å². The molecule has 1 heterocycles. The van der Waals surface area contributed by atoms with E-state index in [2.05, 4.69) is 4.98 Å². The van der Waals surface area contributed by atoms with E-state index in [9.17, 15) is 18.0 Å². The van der Waals surface area contributed by atoms with Crippen molar-refractivity contribution < 1.29 is 23.1 Å². The molecule has 1 N–H and O–H groups in total. The lowest BCUT2D eigenvalue weighted by atomic mass is 10.0. The second-order valence-electron chi connectivity index (χ2n) is 3.46. The van der Waals surface area contributed by atoms with Gasteiger partial charge < -0.3 is 5.11 Å². The van der Waals surface area contributed by atoms with Gasteiger partial charge in [0.05, 0.1) is 5.56 Å². The fraction of sp³-hybridized carbons (Fsp3) is 0. The minimum Gasteiger partial charge on any atom is -0.478 e. The number of benzene rings is 1. The largest absolute Gasteiger partial charge is 0.478 e. The van der Waals surface area contributed by atoms with Gasteiger partial charge >= 0.3 is 5.97 Å². The molecule has 0 radical (unpaired) electrons. The van der Waals surface area contributed by atoms with Crippen LogP contribution in [0.25, 0.3) is 11.1 Å². The second-order valence-corrected chi connectivity index (χ2v) is 3.46. The molecule has 0 saturated heterocycles. The Morgan fingerprint density at radius 2 is 1.89 bits per heavy atom. The number of nitrogens with zero attached hydrogens (tertiary/aromatic N) is 1. The third-order valence-corrected chi connectivity index (χ3v) is 2.34. The normalized spacial score (nSPS) is 10.4.